The van der Waals surface area contributed by atoms with Gasteiger partial charge in [-0.25, -0.2) is 0 Å². The molecule has 23 heavy (non-hydrogen) atoms. The maximum absolute atomic E-state index is 8.44. The zero-order valence-electron chi connectivity index (χ0n) is 16.0. The van der Waals surface area contributed by atoms with Crippen LogP contribution in [0.15, 0.2) is 29.4 Å². The van der Waals surface area contributed by atoms with Gasteiger partial charge < -0.3 is 9.16 Å². The molecule has 0 aliphatic rings. The van der Waals surface area contributed by atoms with Gasteiger partial charge in [-0.3, -0.25) is 0 Å². The van der Waals surface area contributed by atoms with Crippen LogP contribution in [0.2, 0.25) is 18.1 Å². The summed E-state index contributed by atoms with van der Waals surface area (Å²) in [4.78, 5) is 2.81. The molecule has 0 saturated heterocycles. The van der Waals surface area contributed by atoms with Crippen LogP contribution >= 0.6 is 0 Å². The summed E-state index contributed by atoms with van der Waals surface area (Å²) in [5.74, 6) is 0.126. The van der Waals surface area contributed by atoms with Gasteiger partial charge >= 0.3 is 0 Å². The summed E-state index contributed by atoms with van der Waals surface area (Å²) >= 11 is 0. The molecule has 6 heteroatoms. The molecule has 0 spiro atoms. The van der Waals surface area contributed by atoms with E-state index in [-0.39, 0.29) is 23.2 Å². The first kappa shape index (κ1) is 21.9. The van der Waals surface area contributed by atoms with Crippen molar-refractivity contribution in [3.63, 3.8) is 0 Å². The molecule has 5 nitrogen and oxygen atoms in total. The van der Waals surface area contributed by atoms with Crippen LogP contribution in [0.5, 0.6) is 0 Å². The Kier molecular flexibility index (Phi) is 8.85. The van der Waals surface area contributed by atoms with E-state index in [2.05, 4.69) is 63.5 Å². The summed E-state index contributed by atoms with van der Waals surface area (Å²) in [5, 5.41) is 3.73. The van der Waals surface area contributed by atoms with E-state index in [1.54, 1.807) is 13.2 Å². The predicted molar refractivity (Wildman–Crippen MR) is 100.0 cm³/mol. The number of ether oxygens (including phenoxy) is 1. The van der Waals surface area contributed by atoms with Crippen LogP contribution in [0.4, 0.5) is 0 Å². The van der Waals surface area contributed by atoms with Crippen molar-refractivity contribution in [3.8, 4) is 0 Å². The Labute approximate surface area is 142 Å². The monoisotopic (exact) mass is 339 g/mol. The Morgan fingerprint density at radius 2 is 1.96 bits per heavy atom. The molecule has 0 radical (unpaired) electrons. The van der Waals surface area contributed by atoms with Crippen molar-refractivity contribution in [2.45, 2.75) is 65.0 Å². The lowest BCUT2D eigenvalue weighted by molar-refractivity contribution is 0.00599. The maximum Gasteiger partial charge on any atom is 0.192 e. The van der Waals surface area contributed by atoms with Gasteiger partial charge in [0.25, 0.3) is 0 Å². The summed E-state index contributed by atoms with van der Waals surface area (Å²) in [6, 6.07) is 0. The first-order valence-corrected chi connectivity index (χ1v) is 10.9. The third-order valence-electron chi connectivity index (χ3n) is 4.51. The number of methoxy groups -OCH3 is 1. The number of rotatable bonds is 9. The van der Waals surface area contributed by atoms with Gasteiger partial charge in [0.05, 0.1) is 6.10 Å². The normalized spacial score (nSPS) is 17.1. The van der Waals surface area contributed by atoms with Crippen LogP contribution in [0.1, 0.15) is 34.6 Å². The zero-order valence-corrected chi connectivity index (χ0v) is 17.0. The van der Waals surface area contributed by atoms with E-state index in [1.165, 1.54) is 0 Å². The number of hydrogen-bond acceptors (Lipinski definition) is 3. The third kappa shape index (κ3) is 6.91. The van der Waals surface area contributed by atoms with Crippen molar-refractivity contribution in [1.29, 1.82) is 0 Å². The van der Waals surface area contributed by atoms with Crippen LogP contribution in [0.3, 0.4) is 0 Å². The van der Waals surface area contributed by atoms with E-state index in [1.807, 2.05) is 6.92 Å². The first-order valence-electron chi connectivity index (χ1n) is 8.01. The fourth-order valence-corrected chi connectivity index (χ4v) is 3.48. The molecule has 0 aromatic heterocycles. The fraction of sp³-hybridized carbons (Fsp3) is 0.765. The second-order valence-electron chi connectivity index (χ2n) is 7.54. The van der Waals surface area contributed by atoms with E-state index in [9.17, 15) is 0 Å². The standard InChI is InChI=1S/C17H33N3O2Si/c1-10-15(21-7)16(22-23(8,9)17(4,5)6)14(3)11-13(2)12-19-20-18/h10-11,14-16H,1,12H2,2-9H3/b13-11-/t14-,15+,16+/m1/s1. The van der Waals surface area contributed by atoms with Gasteiger partial charge in [0.2, 0.25) is 0 Å². The summed E-state index contributed by atoms with van der Waals surface area (Å²) in [6.07, 6.45) is 3.61. The van der Waals surface area contributed by atoms with E-state index < -0.39 is 8.32 Å². The Balaban J connectivity index is 5.46. The molecule has 0 bridgehead atoms. The molecular formula is C17H33N3O2Si. The summed E-state index contributed by atoms with van der Waals surface area (Å²) in [7, 11) is -0.263. The summed E-state index contributed by atoms with van der Waals surface area (Å²) < 4.78 is 12.2. The molecule has 0 N–H and O–H groups in total. The van der Waals surface area contributed by atoms with E-state index in [0.717, 1.165) is 5.57 Å². The van der Waals surface area contributed by atoms with Gasteiger partial charge in [-0.2, -0.15) is 0 Å². The molecule has 0 aromatic rings. The minimum absolute atomic E-state index is 0.112. The first-order chi connectivity index (χ1) is 10.5. The zero-order chi connectivity index (χ0) is 18.3. The highest BCUT2D eigenvalue weighted by Crippen LogP contribution is 2.39. The molecule has 0 rings (SSSR count). The SMILES string of the molecule is C=C[C@H](OC)[C@@H](O[Si](C)(C)C(C)(C)C)[C@H](C)/C=C(/C)CN=[N+]=[N-]. The number of nitrogens with zero attached hydrogens (tertiary/aromatic N) is 3. The molecule has 0 aliphatic carbocycles. The minimum Gasteiger partial charge on any atom is -0.410 e. The molecule has 0 amide bonds. The maximum atomic E-state index is 8.44. The van der Waals surface area contributed by atoms with Gasteiger partial charge in [0.15, 0.2) is 8.32 Å². The number of hydrogen-bond donors (Lipinski definition) is 0. The molecular weight excluding hydrogens is 306 g/mol. The van der Waals surface area contributed by atoms with Crippen molar-refractivity contribution in [2.24, 2.45) is 11.0 Å². The molecule has 132 valence electrons. The molecule has 3 atom stereocenters. The van der Waals surface area contributed by atoms with Crippen LogP contribution in [0.25, 0.3) is 10.4 Å². The largest absolute Gasteiger partial charge is 0.410 e. The quantitative estimate of drug-likeness (QED) is 0.184. The molecule has 0 saturated carbocycles. The van der Waals surface area contributed by atoms with Gasteiger partial charge in [-0.15, -0.1) is 6.58 Å². The van der Waals surface area contributed by atoms with E-state index in [0.29, 0.717) is 6.54 Å². The van der Waals surface area contributed by atoms with Crippen molar-refractivity contribution in [2.75, 3.05) is 13.7 Å². The van der Waals surface area contributed by atoms with E-state index >= 15 is 0 Å². The number of azide groups is 1. The highest BCUT2D eigenvalue weighted by Gasteiger charge is 2.41. The highest BCUT2D eigenvalue weighted by molar-refractivity contribution is 6.74. The second-order valence-corrected chi connectivity index (χ2v) is 12.3. The smallest absolute Gasteiger partial charge is 0.192 e. The second kappa shape index (κ2) is 9.28. The van der Waals surface area contributed by atoms with Gasteiger partial charge in [0.1, 0.15) is 6.10 Å². The van der Waals surface area contributed by atoms with Gasteiger partial charge in [0, 0.05) is 24.5 Å². The lowest BCUT2D eigenvalue weighted by Gasteiger charge is -2.42. The van der Waals surface area contributed by atoms with Gasteiger partial charge in [-0.05, 0) is 30.6 Å². The highest BCUT2D eigenvalue weighted by atomic mass is 28.4. The van der Waals surface area contributed by atoms with Crippen molar-refractivity contribution >= 4 is 8.32 Å². The van der Waals surface area contributed by atoms with Crippen LogP contribution < -0.4 is 0 Å². The van der Waals surface area contributed by atoms with Gasteiger partial charge in [-0.1, -0.05) is 50.5 Å². The fourth-order valence-electron chi connectivity index (χ4n) is 2.09. The molecule has 0 fully saturated rings. The van der Waals surface area contributed by atoms with Crippen molar-refractivity contribution in [3.05, 3.63) is 34.7 Å². The van der Waals surface area contributed by atoms with Crippen LogP contribution in [0, 0.1) is 5.92 Å². The summed E-state index contributed by atoms with van der Waals surface area (Å²) in [6.45, 7) is 19.5. The Hall–Kier alpha value is -1.07. The lowest BCUT2D eigenvalue weighted by Crippen LogP contribution is -2.49. The third-order valence-corrected chi connectivity index (χ3v) is 8.99. The predicted octanol–water partition coefficient (Wildman–Crippen LogP) is 5.47. The average molecular weight is 340 g/mol. The topological polar surface area (TPSA) is 67.2 Å². The molecule has 0 heterocycles. The molecule has 0 aliphatic heterocycles. The molecule has 0 unspecified atom stereocenters. The minimum atomic E-state index is -1.94. The molecule has 0 aromatic carbocycles. The Morgan fingerprint density at radius 1 is 1.39 bits per heavy atom. The summed E-state index contributed by atoms with van der Waals surface area (Å²) in [5.41, 5.74) is 9.47. The lowest BCUT2D eigenvalue weighted by atomic mass is 9.97. The average Bonchev–Trinajstić information content (AvgIpc) is 2.43. The van der Waals surface area contributed by atoms with Crippen molar-refractivity contribution in [1.82, 2.24) is 0 Å². The van der Waals surface area contributed by atoms with Crippen LogP contribution in [-0.2, 0) is 9.16 Å². The Bertz CT molecular complexity index is 463. The van der Waals surface area contributed by atoms with E-state index in [4.69, 9.17) is 14.7 Å². The van der Waals surface area contributed by atoms with Crippen LogP contribution in [-0.4, -0.2) is 34.2 Å². The van der Waals surface area contributed by atoms with Crippen molar-refractivity contribution < 1.29 is 9.16 Å². The Morgan fingerprint density at radius 3 is 2.35 bits per heavy atom.